The molecule has 19 heavy (non-hydrogen) atoms. The van der Waals surface area contributed by atoms with E-state index >= 15 is 0 Å². The molecule has 0 amide bonds. The molecule has 1 N–H and O–H groups in total. The molecule has 0 bridgehead atoms. The zero-order valence-electron chi connectivity index (χ0n) is 12.7. The van der Waals surface area contributed by atoms with Crippen LogP contribution in [0.1, 0.15) is 38.2 Å². The Kier molecular flexibility index (Phi) is 4.87. The van der Waals surface area contributed by atoms with E-state index in [4.69, 9.17) is 0 Å². The van der Waals surface area contributed by atoms with E-state index in [0.717, 1.165) is 0 Å². The topological polar surface area (TPSA) is 15.3 Å². The lowest BCUT2D eigenvalue weighted by molar-refractivity contribution is 0.190. The van der Waals surface area contributed by atoms with Crippen LogP contribution in [0.15, 0.2) is 24.3 Å². The van der Waals surface area contributed by atoms with Gasteiger partial charge in [-0.25, -0.2) is 0 Å². The molecule has 1 heterocycles. The Bertz CT molecular complexity index is 371. The third-order valence-electron chi connectivity index (χ3n) is 4.49. The van der Waals surface area contributed by atoms with Gasteiger partial charge in [-0.05, 0) is 56.8 Å². The molecule has 1 aromatic carbocycles. The Morgan fingerprint density at radius 1 is 1.16 bits per heavy atom. The van der Waals surface area contributed by atoms with Crippen LogP contribution in [0.3, 0.4) is 0 Å². The summed E-state index contributed by atoms with van der Waals surface area (Å²) >= 11 is 0. The van der Waals surface area contributed by atoms with Gasteiger partial charge in [-0.3, -0.25) is 0 Å². The predicted molar refractivity (Wildman–Crippen MR) is 83.9 cm³/mol. The molecule has 2 rings (SSSR count). The van der Waals surface area contributed by atoms with Crippen molar-refractivity contribution >= 4 is 5.69 Å². The maximum Gasteiger partial charge on any atom is 0.0363 e. The highest BCUT2D eigenvalue weighted by Crippen LogP contribution is 2.35. The molecule has 1 saturated heterocycles. The molecule has 0 radical (unpaired) electrons. The van der Waals surface area contributed by atoms with E-state index in [0.29, 0.717) is 5.41 Å². The molecule has 0 aromatic heterocycles. The number of hydrogen-bond acceptors (Lipinski definition) is 2. The summed E-state index contributed by atoms with van der Waals surface area (Å²) in [7, 11) is 2.24. The minimum Gasteiger partial charge on any atom is -0.374 e. The van der Waals surface area contributed by atoms with Crippen LogP contribution in [0.25, 0.3) is 0 Å². The third kappa shape index (κ3) is 3.73. The van der Waals surface area contributed by atoms with Crippen molar-refractivity contribution in [1.29, 1.82) is 0 Å². The van der Waals surface area contributed by atoms with Crippen LogP contribution >= 0.6 is 0 Å². The van der Waals surface area contributed by atoms with E-state index in [1.54, 1.807) is 0 Å². The zero-order chi connectivity index (χ0) is 13.7. The summed E-state index contributed by atoms with van der Waals surface area (Å²) in [6.07, 6.45) is 5.28. The van der Waals surface area contributed by atoms with Crippen LogP contribution in [0.4, 0.5) is 5.69 Å². The van der Waals surface area contributed by atoms with E-state index in [2.05, 4.69) is 55.4 Å². The van der Waals surface area contributed by atoms with Gasteiger partial charge in [0.25, 0.3) is 0 Å². The molecule has 106 valence electrons. The number of nitrogens with zero attached hydrogens (tertiary/aromatic N) is 1. The minimum atomic E-state index is 0.514. The first-order valence-corrected chi connectivity index (χ1v) is 7.64. The first-order chi connectivity index (χ1) is 9.15. The molecule has 1 fully saturated rings. The smallest absolute Gasteiger partial charge is 0.0363 e. The first kappa shape index (κ1) is 14.4. The Hall–Kier alpha value is -1.02. The number of nitrogens with one attached hydrogen (secondary N) is 1. The van der Waals surface area contributed by atoms with Gasteiger partial charge < -0.3 is 10.2 Å². The van der Waals surface area contributed by atoms with Crippen LogP contribution in [0, 0.1) is 12.3 Å². The number of rotatable bonds is 5. The zero-order valence-corrected chi connectivity index (χ0v) is 12.7. The third-order valence-corrected chi connectivity index (χ3v) is 4.49. The number of aryl methyl sites for hydroxylation is 1. The van der Waals surface area contributed by atoms with Crippen LogP contribution in [-0.2, 0) is 0 Å². The van der Waals surface area contributed by atoms with E-state index in [1.807, 2.05) is 0 Å². The predicted octanol–water partition coefficient (Wildman–Crippen LogP) is 3.60. The molecule has 1 aliphatic heterocycles. The van der Waals surface area contributed by atoms with E-state index in [-0.39, 0.29) is 0 Å². The highest BCUT2D eigenvalue weighted by atomic mass is 15.1. The molecule has 2 heteroatoms. The van der Waals surface area contributed by atoms with Crippen LogP contribution in [0.2, 0.25) is 0 Å². The van der Waals surface area contributed by atoms with Crippen LogP contribution in [-0.4, -0.2) is 26.7 Å². The van der Waals surface area contributed by atoms with Crippen LogP contribution < -0.4 is 10.2 Å². The summed E-state index contributed by atoms with van der Waals surface area (Å²) < 4.78 is 0. The van der Waals surface area contributed by atoms with Gasteiger partial charge >= 0.3 is 0 Å². The standard InChI is InChI=1S/C17H28N2/c1-4-9-17(10-12-18-13-11-17)14-19(3)16-7-5-15(2)6-8-16/h5-8,18H,4,9-14H2,1-3H3. The summed E-state index contributed by atoms with van der Waals surface area (Å²) in [5.41, 5.74) is 3.20. The van der Waals surface area contributed by atoms with Gasteiger partial charge in [0.05, 0.1) is 0 Å². The molecule has 0 atom stereocenters. The average molecular weight is 260 g/mol. The Labute approximate surface area is 118 Å². The normalized spacial score (nSPS) is 18.3. The van der Waals surface area contributed by atoms with Crippen molar-refractivity contribution in [2.75, 3.05) is 31.6 Å². The molecule has 0 saturated carbocycles. The van der Waals surface area contributed by atoms with Crippen molar-refractivity contribution in [2.45, 2.75) is 39.5 Å². The largest absolute Gasteiger partial charge is 0.374 e. The SMILES string of the molecule is CCCC1(CN(C)c2ccc(C)cc2)CCNCC1. The quantitative estimate of drug-likeness (QED) is 0.870. The fourth-order valence-corrected chi connectivity index (χ4v) is 3.37. The van der Waals surface area contributed by atoms with Crippen molar-refractivity contribution in [2.24, 2.45) is 5.41 Å². The molecule has 0 aliphatic carbocycles. The lowest BCUT2D eigenvalue weighted by Gasteiger charge is -2.41. The summed E-state index contributed by atoms with van der Waals surface area (Å²) in [5, 5.41) is 3.50. The Morgan fingerprint density at radius 2 is 1.79 bits per heavy atom. The number of benzene rings is 1. The van der Waals surface area contributed by atoms with Crippen LogP contribution in [0.5, 0.6) is 0 Å². The van der Waals surface area contributed by atoms with Crippen molar-refractivity contribution < 1.29 is 0 Å². The molecule has 1 aliphatic rings. The lowest BCUT2D eigenvalue weighted by atomic mass is 9.75. The molecule has 0 unspecified atom stereocenters. The summed E-state index contributed by atoms with van der Waals surface area (Å²) in [6, 6.07) is 8.91. The summed E-state index contributed by atoms with van der Waals surface area (Å²) in [5.74, 6) is 0. The van der Waals surface area contributed by atoms with Gasteiger partial charge in [0, 0.05) is 19.3 Å². The minimum absolute atomic E-state index is 0.514. The van der Waals surface area contributed by atoms with E-state index < -0.39 is 0 Å². The number of hydrogen-bond donors (Lipinski definition) is 1. The highest BCUT2D eigenvalue weighted by Gasteiger charge is 2.32. The fourth-order valence-electron chi connectivity index (χ4n) is 3.37. The number of piperidine rings is 1. The summed E-state index contributed by atoms with van der Waals surface area (Å²) in [6.45, 7) is 8.01. The maximum atomic E-state index is 3.50. The molecular weight excluding hydrogens is 232 g/mol. The molecule has 1 aromatic rings. The fraction of sp³-hybridized carbons (Fsp3) is 0.647. The Balaban J connectivity index is 2.05. The second-order valence-electron chi connectivity index (χ2n) is 6.19. The van der Waals surface area contributed by atoms with Gasteiger partial charge in [0.15, 0.2) is 0 Å². The van der Waals surface area contributed by atoms with E-state index in [1.165, 1.54) is 56.6 Å². The second-order valence-corrected chi connectivity index (χ2v) is 6.19. The highest BCUT2D eigenvalue weighted by molar-refractivity contribution is 5.46. The second kappa shape index (κ2) is 6.42. The molecular formula is C17H28N2. The lowest BCUT2D eigenvalue weighted by Crippen LogP contribution is -2.43. The van der Waals surface area contributed by atoms with Crippen molar-refractivity contribution in [3.05, 3.63) is 29.8 Å². The van der Waals surface area contributed by atoms with Gasteiger partial charge in [-0.2, -0.15) is 0 Å². The van der Waals surface area contributed by atoms with Gasteiger partial charge in [0.2, 0.25) is 0 Å². The Morgan fingerprint density at radius 3 is 2.37 bits per heavy atom. The van der Waals surface area contributed by atoms with E-state index in [9.17, 15) is 0 Å². The van der Waals surface area contributed by atoms with Crippen molar-refractivity contribution in [1.82, 2.24) is 5.32 Å². The van der Waals surface area contributed by atoms with Gasteiger partial charge in [-0.1, -0.05) is 31.0 Å². The van der Waals surface area contributed by atoms with Gasteiger partial charge in [-0.15, -0.1) is 0 Å². The van der Waals surface area contributed by atoms with Crippen molar-refractivity contribution in [3.8, 4) is 0 Å². The molecule has 2 nitrogen and oxygen atoms in total. The average Bonchev–Trinajstić information content (AvgIpc) is 2.40. The molecule has 0 spiro atoms. The summed E-state index contributed by atoms with van der Waals surface area (Å²) in [4.78, 5) is 2.44. The monoisotopic (exact) mass is 260 g/mol. The maximum absolute atomic E-state index is 3.50. The first-order valence-electron chi connectivity index (χ1n) is 7.64. The van der Waals surface area contributed by atoms with Gasteiger partial charge in [0.1, 0.15) is 0 Å². The van der Waals surface area contributed by atoms with Crippen molar-refractivity contribution in [3.63, 3.8) is 0 Å². The number of anilines is 1.